The quantitative estimate of drug-likeness (QED) is 0.787. The monoisotopic (exact) mass is 301 g/mol. The fourth-order valence-electron chi connectivity index (χ4n) is 1.64. The zero-order chi connectivity index (χ0) is 14.7. The van der Waals surface area contributed by atoms with E-state index in [1.165, 1.54) is 0 Å². The predicted octanol–water partition coefficient (Wildman–Crippen LogP) is 3.50. The van der Waals surface area contributed by atoms with E-state index in [-0.39, 0.29) is 17.6 Å². The van der Waals surface area contributed by atoms with Crippen molar-refractivity contribution >= 4 is 11.9 Å². The Balaban J connectivity index is 2.50. The van der Waals surface area contributed by atoms with Gasteiger partial charge < -0.3 is 9.47 Å². The number of alkyl halides is 3. The summed E-state index contributed by atoms with van der Waals surface area (Å²) in [5.41, 5.74) is 0. The molecule has 1 aliphatic heterocycles. The van der Waals surface area contributed by atoms with Gasteiger partial charge in [-0.2, -0.15) is 13.2 Å². The van der Waals surface area contributed by atoms with Gasteiger partial charge in [0.1, 0.15) is 6.04 Å². The van der Waals surface area contributed by atoms with Crippen molar-refractivity contribution in [1.82, 2.24) is 4.72 Å². The van der Waals surface area contributed by atoms with Gasteiger partial charge in [-0.15, -0.1) is 0 Å². The number of hydrogen-bond acceptors (Lipinski definition) is 4. The van der Waals surface area contributed by atoms with Gasteiger partial charge in [0, 0.05) is 11.2 Å². The van der Waals surface area contributed by atoms with Crippen molar-refractivity contribution in [3.05, 3.63) is 0 Å². The summed E-state index contributed by atoms with van der Waals surface area (Å²) in [4.78, 5) is 0. The molecule has 0 bridgehead atoms. The Morgan fingerprint density at radius 3 is 2.16 bits per heavy atom. The van der Waals surface area contributed by atoms with E-state index < -0.39 is 18.0 Å². The van der Waals surface area contributed by atoms with Crippen LogP contribution in [-0.2, 0) is 9.47 Å². The molecule has 1 atom stereocenters. The summed E-state index contributed by atoms with van der Waals surface area (Å²) in [6, 6.07) is -1.55. The molecule has 1 N–H and O–H groups in total. The fraction of sp³-hybridized carbons (Fsp3) is 1.00. The van der Waals surface area contributed by atoms with Gasteiger partial charge >= 0.3 is 6.18 Å². The third-order valence-electron chi connectivity index (χ3n) is 2.69. The lowest BCUT2D eigenvalue weighted by atomic mass is 10.1. The van der Waals surface area contributed by atoms with E-state index in [1.54, 1.807) is 6.92 Å². The minimum atomic E-state index is -4.27. The van der Waals surface area contributed by atoms with Crippen molar-refractivity contribution in [3.63, 3.8) is 0 Å². The van der Waals surface area contributed by atoms with Gasteiger partial charge in [0.15, 0.2) is 5.79 Å². The number of nitrogens with one attached hydrogen (secondary N) is 1. The molecule has 0 aromatic rings. The van der Waals surface area contributed by atoms with Crippen LogP contribution in [0.2, 0.25) is 0 Å². The minimum Gasteiger partial charge on any atom is -0.348 e. The molecule has 7 heteroatoms. The van der Waals surface area contributed by atoms with E-state index in [0.29, 0.717) is 13.2 Å². The van der Waals surface area contributed by atoms with Crippen molar-refractivity contribution < 1.29 is 22.6 Å². The van der Waals surface area contributed by atoms with Crippen molar-refractivity contribution in [1.29, 1.82) is 0 Å². The van der Waals surface area contributed by atoms with Crippen LogP contribution < -0.4 is 4.72 Å². The molecule has 114 valence electrons. The Labute approximate surface area is 116 Å². The molecule has 0 saturated carbocycles. The molecule has 0 aliphatic carbocycles. The molecule has 1 saturated heterocycles. The highest BCUT2D eigenvalue weighted by Crippen LogP contribution is 2.32. The predicted molar refractivity (Wildman–Crippen MR) is 69.9 cm³/mol. The van der Waals surface area contributed by atoms with Gasteiger partial charge in [0.2, 0.25) is 0 Å². The second kappa shape index (κ2) is 6.20. The largest absolute Gasteiger partial charge is 0.404 e. The van der Waals surface area contributed by atoms with E-state index in [1.807, 2.05) is 20.8 Å². The zero-order valence-corrected chi connectivity index (χ0v) is 12.6. The normalized spacial score (nSPS) is 21.6. The van der Waals surface area contributed by atoms with Gasteiger partial charge in [-0.05, 0) is 34.1 Å². The molecule has 1 unspecified atom stereocenters. The second-order valence-corrected chi connectivity index (χ2v) is 7.46. The van der Waals surface area contributed by atoms with Gasteiger partial charge in [0.05, 0.1) is 13.2 Å². The molecule has 0 spiro atoms. The van der Waals surface area contributed by atoms with Crippen LogP contribution in [0, 0.1) is 0 Å². The Morgan fingerprint density at radius 1 is 1.21 bits per heavy atom. The summed E-state index contributed by atoms with van der Waals surface area (Å²) >= 11 is 1.10. The first kappa shape index (κ1) is 17.1. The topological polar surface area (TPSA) is 30.5 Å². The van der Waals surface area contributed by atoms with E-state index in [9.17, 15) is 13.2 Å². The molecule has 1 heterocycles. The van der Waals surface area contributed by atoms with Crippen LogP contribution in [0.1, 0.15) is 40.5 Å². The van der Waals surface area contributed by atoms with Crippen LogP contribution in [0.5, 0.6) is 0 Å². The van der Waals surface area contributed by atoms with Crippen LogP contribution in [0.4, 0.5) is 13.2 Å². The van der Waals surface area contributed by atoms with Crippen LogP contribution in [0.25, 0.3) is 0 Å². The third-order valence-corrected chi connectivity index (χ3v) is 3.70. The molecule has 0 aromatic carbocycles. The Hall–Kier alpha value is 0.0200. The molecule has 0 radical (unpaired) electrons. The molecular formula is C12H22F3NO2S. The maximum absolute atomic E-state index is 12.9. The maximum Gasteiger partial charge on any atom is 0.404 e. The minimum absolute atomic E-state index is 0.0664. The molecule has 0 aromatic heterocycles. The van der Waals surface area contributed by atoms with Crippen molar-refractivity contribution in [2.24, 2.45) is 0 Å². The standard InChI is InChI=1S/C12H22F3NO2S/c1-10(2,3)19-16-9(12(13,14)15)5-6-11(4)17-7-8-18-11/h9,16H,5-8H2,1-4H3. The highest BCUT2D eigenvalue weighted by Gasteiger charge is 2.42. The smallest absolute Gasteiger partial charge is 0.348 e. The molecule has 0 amide bonds. The zero-order valence-electron chi connectivity index (χ0n) is 11.8. The first-order valence-corrected chi connectivity index (χ1v) is 7.12. The van der Waals surface area contributed by atoms with Crippen LogP contribution in [0.3, 0.4) is 0 Å². The van der Waals surface area contributed by atoms with E-state index in [4.69, 9.17) is 9.47 Å². The molecular weight excluding hydrogens is 279 g/mol. The van der Waals surface area contributed by atoms with Crippen LogP contribution in [0.15, 0.2) is 0 Å². The molecule has 1 aliphatic rings. The van der Waals surface area contributed by atoms with Gasteiger partial charge in [-0.3, -0.25) is 4.72 Å². The SMILES string of the molecule is CC1(CCC(NSC(C)(C)C)C(F)(F)F)OCCO1. The Kier molecular flexibility index (Phi) is 5.57. The second-order valence-electron chi connectivity index (χ2n) is 5.80. The van der Waals surface area contributed by atoms with Gasteiger partial charge in [-0.25, -0.2) is 0 Å². The third kappa shape index (κ3) is 6.33. The molecule has 1 fully saturated rings. The van der Waals surface area contributed by atoms with E-state index >= 15 is 0 Å². The lowest BCUT2D eigenvalue weighted by Crippen LogP contribution is -2.42. The van der Waals surface area contributed by atoms with Crippen molar-refractivity contribution in [2.45, 2.75) is 63.3 Å². The summed E-state index contributed by atoms with van der Waals surface area (Å²) < 4.78 is 51.7. The Morgan fingerprint density at radius 2 is 1.74 bits per heavy atom. The number of ether oxygens (including phenoxy) is 2. The van der Waals surface area contributed by atoms with Crippen LogP contribution >= 0.6 is 11.9 Å². The van der Waals surface area contributed by atoms with Crippen molar-refractivity contribution in [3.8, 4) is 0 Å². The molecule has 3 nitrogen and oxygen atoms in total. The number of halogens is 3. The lowest BCUT2D eigenvalue weighted by molar-refractivity contribution is -0.172. The lowest BCUT2D eigenvalue weighted by Gasteiger charge is -2.29. The van der Waals surface area contributed by atoms with Gasteiger partial charge in [0.25, 0.3) is 0 Å². The summed E-state index contributed by atoms with van der Waals surface area (Å²) in [5, 5.41) is 0. The van der Waals surface area contributed by atoms with Crippen molar-refractivity contribution in [2.75, 3.05) is 13.2 Å². The van der Waals surface area contributed by atoms with E-state index in [2.05, 4.69) is 4.72 Å². The average Bonchev–Trinajstić information content (AvgIpc) is 2.61. The summed E-state index contributed by atoms with van der Waals surface area (Å²) in [7, 11) is 0. The fourth-order valence-corrected chi connectivity index (χ4v) is 2.39. The van der Waals surface area contributed by atoms with Crippen LogP contribution in [-0.4, -0.2) is 36.0 Å². The highest BCUT2D eigenvalue weighted by atomic mass is 32.2. The first-order valence-electron chi connectivity index (χ1n) is 6.30. The molecule has 19 heavy (non-hydrogen) atoms. The van der Waals surface area contributed by atoms with Gasteiger partial charge in [-0.1, -0.05) is 11.9 Å². The molecule has 1 rings (SSSR count). The average molecular weight is 301 g/mol. The summed E-state index contributed by atoms with van der Waals surface area (Å²) in [5.74, 6) is -0.877. The highest BCUT2D eigenvalue weighted by molar-refractivity contribution is 7.98. The summed E-state index contributed by atoms with van der Waals surface area (Å²) in [6.07, 6.45) is -4.12. The Bertz CT molecular complexity index is 286. The maximum atomic E-state index is 12.9. The number of hydrogen-bond donors (Lipinski definition) is 1. The number of rotatable bonds is 5. The first-order chi connectivity index (χ1) is 8.52. The van der Waals surface area contributed by atoms with E-state index in [0.717, 1.165) is 11.9 Å². The summed E-state index contributed by atoms with van der Waals surface area (Å²) in [6.45, 7) is 8.16.